The van der Waals surface area contributed by atoms with Crippen molar-refractivity contribution in [2.24, 2.45) is 5.73 Å². The highest BCUT2D eigenvalue weighted by Gasteiger charge is 2.21. The van der Waals surface area contributed by atoms with Crippen LogP contribution in [0.1, 0.15) is 42.0 Å². The summed E-state index contributed by atoms with van der Waals surface area (Å²) in [5, 5.41) is 3.24. The lowest BCUT2D eigenvalue weighted by molar-refractivity contribution is 0.182. The van der Waals surface area contributed by atoms with Crippen molar-refractivity contribution in [3.63, 3.8) is 0 Å². The normalized spacial score (nSPS) is 15.3. The van der Waals surface area contributed by atoms with Gasteiger partial charge in [-0.25, -0.2) is 4.79 Å². The number of benzene rings is 2. The van der Waals surface area contributed by atoms with E-state index in [0.717, 1.165) is 49.2 Å². The molecule has 1 unspecified atom stereocenters. The minimum atomic E-state index is -0.0888. The van der Waals surface area contributed by atoms with Crippen LogP contribution in [0.2, 0.25) is 0 Å². The van der Waals surface area contributed by atoms with Gasteiger partial charge in [-0.15, -0.1) is 0 Å². The van der Waals surface area contributed by atoms with E-state index in [4.69, 9.17) is 10.5 Å². The highest BCUT2D eigenvalue weighted by molar-refractivity contribution is 5.75. The molecule has 0 aromatic heterocycles. The van der Waals surface area contributed by atoms with Crippen molar-refractivity contribution in [2.45, 2.75) is 38.3 Å². The Morgan fingerprint density at radius 1 is 1.04 bits per heavy atom. The summed E-state index contributed by atoms with van der Waals surface area (Å²) in [7, 11) is 1.66. The molecule has 5 nitrogen and oxygen atoms in total. The zero-order chi connectivity index (χ0) is 19.1. The van der Waals surface area contributed by atoms with Crippen LogP contribution in [0, 0.1) is 0 Å². The van der Waals surface area contributed by atoms with Crippen LogP contribution in [0.25, 0.3) is 0 Å². The fourth-order valence-electron chi connectivity index (χ4n) is 3.47. The molecule has 2 aromatic rings. The minimum absolute atomic E-state index is 0.0223. The van der Waals surface area contributed by atoms with Gasteiger partial charge in [0, 0.05) is 19.6 Å². The molecule has 1 heterocycles. The van der Waals surface area contributed by atoms with Gasteiger partial charge in [0.2, 0.25) is 0 Å². The maximum atomic E-state index is 12.8. The van der Waals surface area contributed by atoms with Crippen molar-refractivity contribution in [3.05, 3.63) is 65.2 Å². The summed E-state index contributed by atoms with van der Waals surface area (Å²) in [5.41, 5.74) is 9.05. The van der Waals surface area contributed by atoms with Crippen LogP contribution in [0.3, 0.4) is 0 Å². The Hall–Kier alpha value is -2.53. The predicted octanol–water partition coefficient (Wildman–Crippen LogP) is 3.63. The Morgan fingerprint density at radius 3 is 2.26 bits per heavy atom. The monoisotopic (exact) mass is 367 g/mol. The average Bonchev–Trinajstić information content (AvgIpc) is 2.74. The zero-order valence-electron chi connectivity index (χ0n) is 16.0. The van der Waals surface area contributed by atoms with Gasteiger partial charge >= 0.3 is 6.03 Å². The number of carbonyl (C=O) groups is 1. The molecule has 0 saturated carbocycles. The Kier molecular flexibility index (Phi) is 6.71. The van der Waals surface area contributed by atoms with Crippen LogP contribution in [0.5, 0.6) is 5.75 Å². The molecular formula is C22H29N3O2. The molecule has 1 atom stereocenters. The molecule has 27 heavy (non-hydrogen) atoms. The van der Waals surface area contributed by atoms with Gasteiger partial charge in [0.05, 0.1) is 13.2 Å². The Balaban J connectivity index is 1.77. The summed E-state index contributed by atoms with van der Waals surface area (Å²) < 4.78 is 5.26. The van der Waals surface area contributed by atoms with Crippen LogP contribution in [-0.2, 0) is 13.0 Å². The first-order valence-electron chi connectivity index (χ1n) is 9.67. The number of nitrogens with one attached hydrogen (secondary N) is 1. The van der Waals surface area contributed by atoms with Gasteiger partial charge in [0.15, 0.2) is 0 Å². The van der Waals surface area contributed by atoms with E-state index in [1.807, 2.05) is 41.3 Å². The molecule has 0 radical (unpaired) electrons. The summed E-state index contributed by atoms with van der Waals surface area (Å²) in [6, 6.07) is 16.1. The molecule has 1 fully saturated rings. The Morgan fingerprint density at radius 2 is 1.67 bits per heavy atom. The zero-order valence-corrected chi connectivity index (χ0v) is 16.0. The third-order valence-electron chi connectivity index (χ3n) is 5.16. The largest absolute Gasteiger partial charge is 0.497 e. The van der Waals surface area contributed by atoms with Gasteiger partial charge in [-0.2, -0.15) is 0 Å². The molecule has 144 valence electrons. The predicted molar refractivity (Wildman–Crippen MR) is 108 cm³/mol. The third kappa shape index (κ3) is 5.23. The van der Waals surface area contributed by atoms with E-state index >= 15 is 0 Å². The third-order valence-corrected chi connectivity index (χ3v) is 5.16. The minimum Gasteiger partial charge on any atom is -0.497 e. The van der Waals surface area contributed by atoms with Gasteiger partial charge in [0.25, 0.3) is 0 Å². The van der Waals surface area contributed by atoms with Crippen LogP contribution in [0.15, 0.2) is 48.5 Å². The first-order valence-corrected chi connectivity index (χ1v) is 9.67. The molecule has 1 saturated heterocycles. The van der Waals surface area contributed by atoms with Crippen molar-refractivity contribution in [2.75, 3.05) is 20.2 Å². The van der Waals surface area contributed by atoms with E-state index in [-0.39, 0.29) is 12.1 Å². The second kappa shape index (κ2) is 9.42. The van der Waals surface area contributed by atoms with E-state index in [1.165, 1.54) is 12.0 Å². The van der Waals surface area contributed by atoms with E-state index in [2.05, 4.69) is 17.4 Å². The van der Waals surface area contributed by atoms with Gasteiger partial charge in [0.1, 0.15) is 5.75 Å². The quantitative estimate of drug-likeness (QED) is 0.819. The summed E-state index contributed by atoms with van der Waals surface area (Å²) in [5.74, 6) is 0.812. The number of rotatable bonds is 6. The number of hydrogen-bond acceptors (Lipinski definition) is 3. The average molecular weight is 367 g/mol. The molecule has 3 N–H and O–H groups in total. The van der Waals surface area contributed by atoms with E-state index in [9.17, 15) is 4.79 Å². The first-order chi connectivity index (χ1) is 13.2. The van der Waals surface area contributed by atoms with Crippen LogP contribution < -0.4 is 15.8 Å². The second-order valence-corrected chi connectivity index (χ2v) is 7.05. The number of methoxy groups -OCH3 is 1. The highest BCUT2D eigenvalue weighted by atomic mass is 16.5. The highest BCUT2D eigenvalue weighted by Crippen LogP contribution is 2.22. The van der Waals surface area contributed by atoms with Gasteiger partial charge in [-0.05, 0) is 54.5 Å². The van der Waals surface area contributed by atoms with Crippen molar-refractivity contribution < 1.29 is 9.53 Å². The standard InChI is InChI=1S/C22H29N3O2/c1-27-20-11-9-19(10-12-20)21(15-17-5-7-18(16-23)8-6-17)24-22(26)25-13-3-2-4-14-25/h5-12,21H,2-4,13-16,23H2,1H3,(H,24,26). The van der Waals surface area contributed by atoms with Gasteiger partial charge in [-0.3, -0.25) is 0 Å². The van der Waals surface area contributed by atoms with E-state index < -0.39 is 0 Å². The number of hydrogen-bond donors (Lipinski definition) is 2. The maximum Gasteiger partial charge on any atom is 0.317 e. The van der Waals surface area contributed by atoms with Gasteiger partial charge < -0.3 is 20.7 Å². The number of ether oxygens (including phenoxy) is 1. The number of urea groups is 1. The molecular weight excluding hydrogens is 338 g/mol. The summed E-state index contributed by atoms with van der Waals surface area (Å²) in [4.78, 5) is 14.7. The summed E-state index contributed by atoms with van der Waals surface area (Å²) in [6.45, 7) is 2.21. The Bertz CT molecular complexity index is 722. The smallest absolute Gasteiger partial charge is 0.317 e. The lowest BCUT2D eigenvalue weighted by Gasteiger charge is -2.29. The summed E-state index contributed by atoms with van der Waals surface area (Å²) >= 11 is 0. The maximum absolute atomic E-state index is 12.8. The molecule has 1 aliphatic rings. The fourth-order valence-corrected chi connectivity index (χ4v) is 3.47. The SMILES string of the molecule is COc1ccc(C(Cc2ccc(CN)cc2)NC(=O)N2CCCCC2)cc1. The van der Waals surface area contributed by atoms with Crippen molar-refractivity contribution in [3.8, 4) is 5.75 Å². The fraction of sp³-hybridized carbons (Fsp3) is 0.409. The molecule has 5 heteroatoms. The number of amides is 2. The van der Waals surface area contributed by atoms with Crippen LogP contribution in [0.4, 0.5) is 4.79 Å². The second-order valence-electron chi connectivity index (χ2n) is 7.05. The van der Waals surface area contributed by atoms with Crippen LogP contribution in [-0.4, -0.2) is 31.1 Å². The van der Waals surface area contributed by atoms with Crippen molar-refractivity contribution in [1.29, 1.82) is 0 Å². The Labute approximate surface area is 161 Å². The van der Waals surface area contributed by atoms with E-state index in [0.29, 0.717) is 6.54 Å². The number of likely N-dealkylation sites (tertiary alicyclic amines) is 1. The molecule has 0 aliphatic carbocycles. The number of carbonyl (C=O) groups excluding carboxylic acids is 1. The van der Waals surface area contributed by atoms with Gasteiger partial charge in [-0.1, -0.05) is 36.4 Å². The van der Waals surface area contributed by atoms with Crippen molar-refractivity contribution >= 4 is 6.03 Å². The first kappa shape index (κ1) is 19.2. The van der Waals surface area contributed by atoms with Crippen LogP contribution >= 0.6 is 0 Å². The molecule has 2 amide bonds. The summed E-state index contributed by atoms with van der Waals surface area (Å²) in [6.07, 6.45) is 4.11. The molecule has 0 bridgehead atoms. The molecule has 2 aromatic carbocycles. The lowest BCUT2D eigenvalue weighted by Crippen LogP contribution is -2.44. The van der Waals surface area contributed by atoms with Crippen molar-refractivity contribution in [1.82, 2.24) is 10.2 Å². The molecule has 3 rings (SSSR count). The topological polar surface area (TPSA) is 67.6 Å². The lowest BCUT2D eigenvalue weighted by atomic mass is 9.98. The number of nitrogens with two attached hydrogens (primary N) is 1. The number of nitrogens with zero attached hydrogens (tertiary/aromatic N) is 1. The molecule has 0 spiro atoms. The molecule has 1 aliphatic heterocycles. The number of piperidine rings is 1. The van der Waals surface area contributed by atoms with E-state index in [1.54, 1.807) is 7.11 Å².